The van der Waals surface area contributed by atoms with E-state index in [1.807, 2.05) is 38.3 Å². The number of aromatic amines is 1. The minimum Gasteiger partial charge on any atom is -0.480 e. The number of likely N-dealkylation sites (tertiary alicyclic amines) is 2. The number of rotatable bonds is 21. The second-order valence-electron chi connectivity index (χ2n) is 15.1. The highest BCUT2D eigenvalue weighted by Crippen LogP contribution is 2.22. The van der Waals surface area contributed by atoms with E-state index in [-0.39, 0.29) is 50.5 Å². The molecule has 0 saturated carbocycles. The first-order chi connectivity index (χ1) is 27.7. The van der Waals surface area contributed by atoms with Gasteiger partial charge < -0.3 is 52.0 Å². The molecule has 3 heterocycles. The van der Waals surface area contributed by atoms with E-state index in [1.165, 1.54) is 27.9 Å². The Morgan fingerprint density at radius 3 is 1.98 bits per heavy atom. The molecule has 4 rings (SSSR count). The smallest absolute Gasteiger partial charge is 0.328 e. The van der Waals surface area contributed by atoms with Gasteiger partial charge in [-0.05, 0) is 62.0 Å². The molecule has 7 atom stereocenters. The van der Waals surface area contributed by atoms with Gasteiger partial charge in [-0.2, -0.15) is 11.8 Å². The third kappa shape index (κ3) is 12.7. The number of thioether (sulfide) groups is 1. The average Bonchev–Trinajstić information content (AvgIpc) is 4.00. The number of carbonyl (C=O) groups is 7. The van der Waals surface area contributed by atoms with Gasteiger partial charge in [-0.1, -0.05) is 44.2 Å². The van der Waals surface area contributed by atoms with E-state index in [1.54, 1.807) is 18.3 Å². The van der Waals surface area contributed by atoms with Crippen molar-refractivity contribution in [2.24, 2.45) is 11.7 Å². The topological polar surface area (TPSA) is 269 Å². The first kappa shape index (κ1) is 45.7. The number of hydrogen-bond acceptors (Lipinski definition) is 11. The summed E-state index contributed by atoms with van der Waals surface area (Å²) < 4.78 is 0. The number of amides is 6. The molecule has 2 aliphatic rings. The van der Waals surface area contributed by atoms with Crippen molar-refractivity contribution in [3.63, 3.8) is 0 Å². The van der Waals surface area contributed by atoms with E-state index < -0.39 is 84.4 Å². The molecule has 1 aromatic heterocycles. The molecular weight excluding hydrogens is 771 g/mol. The Labute approximate surface area is 342 Å². The Morgan fingerprint density at radius 1 is 0.845 bits per heavy atom. The van der Waals surface area contributed by atoms with Crippen LogP contribution >= 0.6 is 11.8 Å². The first-order valence-electron chi connectivity index (χ1n) is 19.7. The van der Waals surface area contributed by atoms with Gasteiger partial charge in [0.15, 0.2) is 0 Å². The lowest BCUT2D eigenvalue weighted by atomic mass is 10.0. The van der Waals surface area contributed by atoms with E-state index in [9.17, 15) is 43.8 Å². The molecule has 318 valence electrons. The monoisotopic (exact) mass is 827 g/mol. The molecule has 9 N–H and O–H groups in total. The third-order valence-electron chi connectivity index (χ3n) is 10.3. The molecule has 2 saturated heterocycles. The molecule has 0 aliphatic carbocycles. The number of imidazole rings is 1. The first-order valence-corrected chi connectivity index (χ1v) is 21.0. The Hall–Kier alpha value is -5.01. The highest BCUT2D eigenvalue weighted by molar-refractivity contribution is 7.98. The number of aliphatic hydroxyl groups excluding tert-OH is 1. The molecule has 2 fully saturated rings. The molecule has 19 heteroatoms. The standard InChI is InChI=1S/C39H57N9O9S/c1-23(2)17-28(34(51)46-30(21-49)39(56)57)44-36(53)32-12-8-15-48(32)38(55)29(18-24-9-5-4-6-10-24)45-33(50)27(13-16-58-3)43-35(52)31-11-7-14-47(31)37(54)26(40)19-25-20-41-22-42-25/h4-6,9-10,20,22-23,26-32,49H,7-8,11-19,21,40H2,1-3H3,(H,41,42)(H,43,52)(H,44,53)(H,45,50)(H,46,51)(H,56,57)/t26-,27-,28-,29-,30-,31-,32-/m0/s1. The average molecular weight is 828 g/mol. The molecule has 6 amide bonds. The van der Waals surface area contributed by atoms with Crippen LogP contribution < -0.4 is 27.0 Å². The van der Waals surface area contributed by atoms with Gasteiger partial charge in [0.25, 0.3) is 0 Å². The van der Waals surface area contributed by atoms with Crippen molar-refractivity contribution in [1.82, 2.24) is 41.0 Å². The molecule has 2 aromatic rings. The number of aromatic nitrogens is 2. The summed E-state index contributed by atoms with van der Waals surface area (Å²) in [5, 5.41) is 29.4. The summed E-state index contributed by atoms with van der Waals surface area (Å²) in [7, 11) is 0. The summed E-state index contributed by atoms with van der Waals surface area (Å²) in [6.07, 6.45) is 7.34. The van der Waals surface area contributed by atoms with E-state index >= 15 is 0 Å². The number of aliphatic carboxylic acids is 1. The Bertz CT molecular complexity index is 1710. The maximum Gasteiger partial charge on any atom is 0.328 e. The lowest BCUT2D eigenvalue weighted by Gasteiger charge is -2.31. The number of carboxylic acids is 1. The summed E-state index contributed by atoms with van der Waals surface area (Å²) >= 11 is 1.48. The predicted molar refractivity (Wildman–Crippen MR) is 215 cm³/mol. The summed E-state index contributed by atoms with van der Waals surface area (Å²) in [5.41, 5.74) is 7.66. The molecule has 58 heavy (non-hydrogen) atoms. The zero-order valence-electron chi connectivity index (χ0n) is 33.2. The number of benzene rings is 1. The predicted octanol–water partition coefficient (Wildman–Crippen LogP) is -0.680. The van der Waals surface area contributed by atoms with Crippen molar-refractivity contribution in [2.75, 3.05) is 31.7 Å². The van der Waals surface area contributed by atoms with Crippen LogP contribution in [0.1, 0.15) is 63.6 Å². The Balaban J connectivity index is 1.51. The largest absolute Gasteiger partial charge is 0.480 e. The van der Waals surface area contributed by atoms with Crippen LogP contribution in [0.5, 0.6) is 0 Å². The lowest BCUT2D eigenvalue weighted by Crippen LogP contribution is -2.60. The number of nitrogens with two attached hydrogens (primary N) is 1. The molecule has 0 unspecified atom stereocenters. The zero-order valence-corrected chi connectivity index (χ0v) is 34.0. The molecule has 0 radical (unpaired) electrons. The Kier molecular flexibility index (Phi) is 17.5. The van der Waals surface area contributed by atoms with E-state index in [0.29, 0.717) is 37.3 Å². The van der Waals surface area contributed by atoms with Crippen molar-refractivity contribution < 1.29 is 43.8 Å². The number of carbonyl (C=O) groups excluding carboxylic acids is 6. The quantitative estimate of drug-likeness (QED) is 0.0778. The van der Waals surface area contributed by atoms with Crippen LogP contribution in [-0.4, -0.2) is 145 Å². The van der Waals surface area contributed by atoms with Gasteiger partial charge in [0.05, 0.1) is 19.0 Å². The highest BCUT2D eigenvalue weighted by atomic mass is 32.2. The van der Waals surface area contributed by atoms with E-state index in [4.69, 9.17) is 5.73 Å². The third-order valence-corrected chi connectivity index (χ3v) is 10.9. The summed E-state index contributed by atoms with van der Waals surface area (Å²) in [6.45, 7) is 3.35. The van der Waals surface area contributed by atoms with Gasteiger partial charge in [0.1, 0.15) is 36.3 Å². The maximum atomic E-state index is 14.4. The van der Waals surface area contributed by atoms with Crippen molar-refractivity contribution in [3.05, 3.63) is 54.1 Å². The summed E-state index contributed by atoms with van der Waals surface area (Å²) in [5.74, 6) is -4.43. The second-order valence-corrected chi connectivity index (χ2v) is 16.1. The molecular formula is C39H57N9O9S. The van der Waals surface area contributed by atoms with E-state index in [2.05, 4.69) is 31.2 Å². The normalized spacial score (nSPS) is 19.1. The fourth-order valence-corrected chi connectivity index (χ4v) is 7.73. The van der Waals surface area contributed by atoms with Gasteiger partial charge in [-0.3, -0.25) is 28.8 Å². The maximum absolute atomic E-state index is 14.4. The van der Waals surface area contributed by atoms with Gasteiger partial charge >= 0.3 is 5.97 Å². The molecule has 1 aromatic carbocycles. The van der Waals surface area contributed by atoms with Crippen LogP contribution in [0, 0.1) is 5.92 Å². The number of carboxylic acid groups (broad SMARTS) is 1. The summed E-state index contributed by atoms with van der Waals surface area (Å²) in [6, 6.07) is 1.40. The van der Waals surface area contributed by atoms with Crippen LogP contribution in [0.15, 0.2) is 42.9 Å². The van der Waals surface area contributed by atoms with Crippen LogP contribution in [0.2, 0.25) is 0 Å². The van der Waals surface area contributed by atoms with Gasteiger partial charge in [-0.15, -0.1) is 0 Å². The molecule has 2 aliphatic heterocycles. The minimum atomic E-state index is -1.56. The number of nitrogens with one attached hydrogen (secondary N) is 5. The minimum absolute atomic E-state index is 0.0781. The molecule has 18 nitrogen and oxygen atoms in total. The zero-order chi connectivity index (χ0) is 42.4. The van der Waals surface area contributed by atoms with Gasteiger partial charge in [0.2, 0.25) is 35.4 Å². The van der Waals surface area contributed by atoms with Crippen molar-refractivity contribution >= 4 is 53.2 Å². The number of hydrogen-bond donors (Lipinski definition) is 8. The van der Waals surface area contributed by atoms with Crippen molar-refractivity contribution in [1.29, 1.82) is 0 Å². The number of aliphatic hydroxyl groups is 1. The van der Waals surface area contributed by atoms with Crippen molar-refractivity contribution in [2.45, 2.75) is 108 Å². The molecule has 0 bridgehead atoms. The number of nitrogens with zero attached hydrogens (tertiary/aromatic N) is 3. The summed E-state index contributed by atoms with van der Waals surface area (Å²) in [4.78, 5) is 104. The van der Waals surface area contributed by atoms with Crippen LogP contribution in [-0.2, 0) is 46.4 Å². The lowest BCUT2D eigenvalue weighted by molar-refractivity contribution is -0.144. The van der Waals surface area contributed by atoms with Crippen LogP contribution in [0.25, 0.3) is 0 Å². The fraction of sp³-hybridized carbons (Fsp3) is 0.590. The SMILES string of the molecule is CSCC[C@H](NC(=O)[C@@H]1CCCN1C(=O)[C@@H](N)Cc1cnc[nH]1)C(=O)N[C@@H](Cc1ccccc1)C(=O)N1CCC[C@H]1C(=O)N[C@@H](CC(C)C)C(=O)N[C@@H](CO)C(=O)O. The number of H-pyrrole nitrogens is 1. The van der Waals surface area contributed by atoms with Crippen molar-refractivity contribution in [3.8, 4) is 0 Å². The van der Waals surface area contributed by atoms with E-state index in [0.717, 1.165) is 5.56 Å². The highest BCUT2D eigenvalue weighted by Gasteiger charge is 2.41. The van der Waals surface area contributed by atoms with Gasteiger partial charge in [-0.25, -0.2) is 9.78 Å². The van der Waals surface area contributed by atoms with Crippen LogP contribution in [0.3, 0.4) is 0 Å². The second kappa shape index (κ2) is 22.2. The van der Waals surface area contributed by atoms with Crippen LogP contribution in [0.4, 0.5) is 0 Å². The molecule has 0 spiro atoms. The fourth-order valence-electron chi connectivity index (χ4n) is 7.26. The Morgan fingerprint density at radius 2 is 1.43 bits per heavy atom. The van der Waals surface area contributed by atoms with Gasteiger partial charge in [0, 0.05) is 37.8 Å².